The minimum atomic E-state index is -1.31. The van der Waals surface area contributed by atoms with Crippen LogP contribution in [0.4, 0.5) is 0 Å². The number of halogens is 1. The molecule has 0 aliphatic heterocycles. The summed E-state index contributed by atoms with van der Waals surface area (Å²) in [5.41, 5.74) is 3.46. The Balaban J connectivity index is 1.46. The fraction of sp³-hybridized carbons (Fsp3) is 0.435. The van der Waals surface area contributed by atoms with Gasteiger partial charge in [-0.3, -0.25) is 4.79 Å². The predicted molar refractivity (Wildman–Crippen MR) is 120 cm³/mol. The van der Waals surface area contributed by atoms with E-state index in [1.165, 1.54) is 5.56 Å². The molecule has 7 heteroatoms. The van der Waals surface area contributed by atoms with E-state index >= 15 is 0 Å². The topological polar surface area (TPSA) is 89.8 Å². The van der Waals surface area contributed by atoms with Gasteiger partial charge in [0.1, 0.15) is 0 Å². The van der Waals surface area contributed by atoms with E-state index in [1.807, 2.05) is 24.3 Å². The number of carboxylic acids is 1. The quantitative estimate of drug-likeness (QED) is 0.427. The van der Waals surface area contributed by atoms with Gasteiger partial charge in [-0.2, -0.15) is 0 Å². The molecule has 1 aliphatic carbocycles. The van der Waals surface area contributed by atoms with Gasteiger partial charge in [0.25, 0.3) is 0 Å². The number of rotatable bonds is 10. The molecule has 0 amide bonds. The van der Waals surface area contributed by atoms with Crippen molar-refractivity contribution in [1.29, 1.82) is 0 Å². The van der Waals surface area contributed by atoms with E-state index in [4.69, 9.17) is 21.6 Å². The van der Waals surface area contributed by atoms with Crippen LogP contribution >= 0.6 is 11.6 Å². The number of benzene rings is 2. The average Bonchev–Trinajstić information content (AvgIpc) is 3.12. The molecule has 4 N–H and O–H groups in total. The van der Waals surface area contributed by atoms with Crippen LogP contribution in [0.1, 0.15) is 31.2 Å². The molecule has 0 heterocycles. The van der Waals surface area contributed by atoms with Gasteiger partial charge in [-0.1, -0.05) is 60.8 Å². The van der Waals surface area contributed by atoms with Crippen molar-refractivity contribution in [3.8, 4) is 11.1 Å². The Bertz CT molecular complexity index is 813. The average molecular weight is 430 g/mol. The van der Waals surface area contributed by atoms with E-state index in [-0.39, 0.29) is 11.8 Å². The zero-order valence-corrected chi connectivity index (χ0v) is 17.8. The molecule has 3 atom stereocenters. The van der Waals surface area contributed by atoms with E-state index in [0.717, 1.165) is 42.1 Å². The van der Waals surface area contributed by atoms with Crippen molar-refractivity contribution < 1.29 is 19.9 Å². The molecule has 5 nitrogen and oxygen atoms in total. The summed E-state index contributed by atoms with van der Waals surface area (Å²) in [4.78, 5) is 11.6. The molecule has 0 bridgehead atoms. The smallest absolute Gasteiger partial charge is 0.451 e. The third kappa shape index (κ3) is 6.57. The summed E-state index contributed by atoms with van der Waals surface area (Å²) in [7, 11) is -1.31. The summed E-state index contributed by atoms with van der Waals surface area (Å²) < 4.78 is 0. The summed E-state index contributed by atoms with van der Waals surface area (Å²) in [5.74, 6) is -0.605. The van der Waals surface area contributed by atoms with Crippen LogP contribution < -0.4 is 5.32 Å². The van der Waals surface area contributed by atoms with Gasteiger partial charge in [-0.25, -0.2) is 0 Å². The van der Waals surface area contributed by atoms with Gasteiger partial charge >= 0.3 is 13.1 Å². The Morgan fingerprint density at radius 2 is 1.67 bits per heavy atom. The van der Waals surface area contributed by atoms with E-state index in [2.05, 4.69) is 29.6 Å². The monoisotopic (exact) mass is 429 g/mol. The lowest BCUT2D eigenvalue weighted by molar-refractivity contribution is -0.143. The SMILES string of the molecule is O=C(O)[C@@H]1CC(CNCc2ccc(-c3ccc(Cl)cc3)cc2)C[C@@H]1CCCB(O)O. The summed E-state index contributed by atoms with van der Waals surface area (Å²) in [6.45, 7) is 1.54. The second-order valence-corrected chi connectivity index (χ2v) is 8.72. The normalized spacial score (nSPS) is 21.0. The fourth-order valence-electron chi connectivity index (χ4n) is 4.47. The Hall–Kier alpha value is -1.86. The summed E-state index contributed by atoms with van der Waals surface area (Å²) in [6, 6.07) is 16.2. The molecule has 1 aliphatic rings. The summed E-state index contributed by atoms with van der Waals surface area (Å²) in [5, 5.41) is 31.7. The second kappa shape index (κ2) is 11.0. The highest BCUT2D eigenvalue weighted by Gasteiger charge is 2.38. The number of nitrogens with one attached hydrogen (secondary N) is 1. The third-order valence-electron chi connectivity index (χ3n) is 6.04. The highest BCUT2D eigenvalue weighted by molar-refractivity contribution is 6.40. The molecular formula is C23H29BClNO4. The molecule has 0 radical (unpaired) electrons. The zero-order chi connectivity index (χ0) is 21.5. The van der Waals surface area contributed by atoms with Crippen LogP contribution in [0, 0.1) is 17.8 Å². The lowest BCUT2D eigenvalue weighted by Crippen LogP contribution is -2.21. The fourth-order valence-corrected chi connectivity index (χ4v) is 4.59. The van der Waals surface area contributed by atoms with Crippen molar-refractivity contribution in [2.75, 3.05) is 6.54 Å². The molecule has 3 rings (SSSR count). The van der Waals surface area contributed by atoms with Gasteiger partial charge in [0.15, 0.2) is 0 Å². The first-order valence-corrected chi connectivity index (χ1v) is 10.9. The Kier molecular flexibility index (Phi) is 8.34. The maximum absolute atomic E-state index is 11.6. The minimum absolute atomic E-state index is 0.117. The van der Waals surface area contributed by atoms with Crippen molar-refractivity contribution in [3.05, 3.63) is 59.1 Å². The highest BCUT2D eigenvalue weighted by atomic mass is 35.5. The Morgan fingerprint density at radius 1 is 1.03 bits per heavy atom. The van der Waals surface area contributed by atoms with Crippen molar-refractivity contribution in [1.82, 2.24) is 5.32 Å². The van der Waals surface area contributed by atoms with Crippen LogP contribution in [0.5, 0.6) is 0 Å². The lowest BCUT2D eigenvalue weighted by Gasteiger charge is -2.15. The molecule has 1 unspecified atom stereocenters. The largest absolute Gasteiger partial charge is 0.481 e. The molecule has 1 saturated carbocycles. The molecule has 2 aromatic rings. The van der Waals surface area contributed by atoms with Crippen LogP contribution in [-0.2, 0) is 11.3 Å². The van der Waals surface area contributed by atoms with E-state index < -0.39 is 13.1 Å². The van der Waals surface area contributed by atoms with E-state index in [9.17, 15) is 9.90 Å². The molecule has 1 fully saturated rings. The first kappa shape index (κ1) is 22.8. The van der Waals surface area contributed by atoms with Crippen LogP contribution in [0.3, 0.4) is 0 Å². The van der Waals surface area contributed by atoms with E-state index in [1.54, 1.807) is 0 Å². The Labute approximate surface area is 183 Å². The zero-order valence-electron chi connectivity index (χ0n) is 17.0. The lowest BCUT2D eigenvalue weighted by atomic mass is 9.80. The first-order valence-electron chi connectivity index (χ1n) is 10.6. The van der Waals surface area contributed by atoms with Crippen LogP contribution in [0.25, 0.3) is 11.1 Å². The van der Waals surface area contributed by atoms with Crippen molar-refractivity contribution in [2.45, 2.75) is 38.5 Å². The Morgan fingerprint density at radius 3 is 2.27 bits per heavy atom. The minimum Gasteiger partial charge on any atom is -0.481 e. The molecule has 160 valence electrons. The molecule has 0 spiro atoms. The van der Waals surface area contributed by atoms with Gasteiger partial charge < -0.3 is 20.5 Å². The molecule has 2 aromatic carbocycles. The maximum atomic E-state index is 11.6. The van der Waals surface area contributed by atoms with Crippen molar-refractivity contribution in [2.24, 2.45) is 17.8 Å². The molecule has 0 aromatic heterocycles. The first-order chi connectivity index (χ1) is 14.4. The van der Waals surface area contributed by atoms with Crippen LogP contribution in [0.2, 0.25) is 11.3 Å². The summed E-state index contributed by atoms with van der Waals surface area (Å²) >= 11 is 5.95. The number of carbonyl (C=O) groups is 1. The van der Waals surface area contributed by atoms with Gasteiger partial charge in [0.2, 0.25) is 0 Å². The van der Waals surface area contributed by atoms with Crippen LogP contribution in [-0.4, -0.2) is 34.8 Å². The van der Waals surface area contributed by atoms with Crippen LogP contribution in [0.15, 0.2) is 48.5 Å². The molecule has 30 heavy (non-hydrogen) atoms. The summed E-state index contributed by atoms with van der Waals surface area (Å²) in [6.07, 6.45) is 3.24. The molecule has 0 saturated heterocycles. The van der Waals surface area contributed by atoms with Gasteiger partial charge in [-0.05, 0) is 66.4 Å². The highest BCUT2D eigenvalue weighted by Crippen LogP contribution is 2.39. The van der Waals surface area contributed by atoms with Gasteiger partial charge in [-0.15, -0.1) is 0 Å². The maximum Gasteiger partial charge on any atom is 0.451 e. The number of carboxylic acid groups (broad SMARTS) is 1. The van der Waals surface area contributed by atoms with Crippen molar-refractivity contribution in [3.63, 3.8) is 0 Å². The number of hydrogen-bond acceptors (Lipinski definition) is 4. The number of aliphatic carboxylic acids is 1. The standard InChI is InChI=1S/C23H29BClNO4/c25-21-9-7-19(8-10-21)18-5-3-16(4-6-18)14-26-15-17-12-20(2-1-11-24(29)30)22(13-17)23(27)28/h3-10,17,20,22,26,29-30H,1-2,11-15H2,(H,27,28)/t17?,20-,22+/m0/s1. The van der Waals surface area contributed by atoms with Gasteiger partial charge in [0, 0.05) is 11.6 Å². The number of hydrogen-bond donors (Lipinski definition) is 4. The third-order valence-corrected chi connectivity index (χ3v) is 6.29. The second-order valence-electron chi connectivity index (χ2n) is 8.29. The van der Waals surface area contributed by atoms with Gasteiger partial charge in [0.05, 0.1) is 5.92 Å². The van der Waals surface area contributed by atoms with Crippen molar-refractivity contribution >= 4 is 24.7 Å². The van der Waals surface area contributed by atoms with E-state index in [0.29, 0.717) is 25.1 Å². The molecular weight excluding hydrogens is 401 g/mol. The predicted octanol–water partition coefficient (Wildman–Crippen LogP) is 4.08.